The summed E-state index contributed by atoms with van der Waals surface area (Å²) in [4.78, 5) is 20.6. The highest BCUT2D eigenvalue weighted by molar-refractivity contribution is 14.0. The van der Waals surface area contributed by atoms with Gasteiger partial charge in [0, 0.05) is 40.2 Å². The number of nitrogens with zero attached hydrogens (tertiary/aromatic N) is 7. The fourth-order valence-corrected chi connectivity index (χ4v) is 2.89. The molecular formula is C15H26IN9O. The number of rotatable bonds is 6. The Kier molecular flexibility index (Phi) is 7.60. The molecule has 1 aliphatic heterocycles. The predicted octanol–water partition coefficient (Wildman–Crippen LogP) is -0.117. The largest absolute Gasteiger partial charge is 0.356 e. The van der Waals surface area contributed by atoms with Crippen LogP contribution in [0.5, 0.6) is 0 Å². The number of hydrogen-bond donors (Lipinski definition) is 2. The zero-order valence-corrected chi connectivity index (χ0v) is 17.5. The molecule has 3 rings (SSSR count). The monoisotopic (exact) mass is 475 g/mol. The van der Waals surface area contributed by atoms with Crippen molar-refractivity contribution >= 4 is 29.9 Å². The summed E-state index contributed by atoms with van der Waals surface area (Å²) in [5.74, 6) is 2.45. The van der Waals surface area contributed by atoms with Gasteiger partial charge in [0.2, 0.25) is 0 Å². The summed E-state index contributed by atoms with van der Waals surface area (Å²) in [6, 6.07) is 0. The molecule has 0 radical (unpaired) electrons. The van der Waals surface area contributed by atoms with E-state index in [1.165, 1.54) is 6.33 Å². The normalized spacial score (nSPS) is 13.8. The number of aliphatic imine (C=N–C) groups is 1. The van der Waals surface area contributed by atoms with E-state index in [1.54, 1.807) is 21.0 Å². The Morgan fingerprint density at radius 3 is 2.88 bits per heavy atom. The molecule has 0 aliphatic carbocycles. The highest BCUT2D eigenvalue weighted by Crippen LogP contribution is 2.09. The second-order valence-electron chi connectivity index (χ2n) is 6.04. The van der Waals surface area contributed by atoms with Crippen molar-refractivity contribution in [2.45, 2.75) is 45.3 Å². The smallest absolute Gasteiger partial charge is 0.345 e. The number of halogens is 1. The molecule has 0 saturated carbocycles. The van der Waals surface area contributed by atoms with Gasteiger partial charge in [-0.3, -0.25) is 14.2 Å². The molecule has 0 atom stereocenters. The number of guanidine groups is 1. The van der Waals surface area contributed by atoms with Crippen LogP contribution < -0.4 is 16.3 Å². The molecule has 0 bridgehead atoms. The molecule has 3 heterocycles. The van der Waals surface area contributed by atoms with Gasteiger partial charge in [-0.05, 0) is 19.3 Å². The van der Waals surface area contributed by atoms with Gasteiger partial charge >= 0.3 is 5.69 Å². The molecule has 0 spiro atoms. The van der Waals surface area contributed by atoms with E-state index in [4.69, 9.17) is 0 Å². The lowest BCUT2D eigenvalue weighted by Crippen LogP contribution is -2.38. The maximum atomic E-state index is 12.3. The van der Waals surface area contributed by atoms with Crippen molar-refractivity contribution in [3.63, 3.8) is 0 Å². The average Bonchev–Trinajstić information content (AvgIpc) is 3.18. The lowest BCUT2D eigenvalue weighted by Gasteiger charge is -2.11. The second kappa shape index (κ2) is 9.69. The van der Waals surface area contributed by atoms with Gasteiger partial charge in [0.1, 0.15) is 18.0 Å². The lowest BCUT2D eigenvalue weighted by atomic mass is 10.2. The van der Waals surface area contributed by atoms with Crippen LogP contribution in [0.3, 0.4) is 0 Å². The maximum absolute atomic E-state index is 12.3. The minimum Gasteiger partial charge on any atom is -0.356 e. The van der Waals surface area contributed by atoms with Crippen LogP contribution >= 0.6 is 24.0 Å². The van der Waals surface area contributed by atoms with Gasteiger partial charge in [-0.15, -0.1) is 24.0 Å². The zero-order chi connectivity index (χ0) is 17.6. The molecule has 2 aromatic heterocycles. The summed E-state index contributed by atoms with van der Waals surface area (Å²) < 4.78 is 5.10. The highest BCUT2D eigenvalue weighted by Gasteiger charge is 2.16. The molecule has 26 heavy (non-hydrogen) atoms. The van der Waals surface area contributed by atoms with E-state index >= 15 is 0 Å². The zero-order valence-electron chi connectivity index (χ0n) is 15.2. The molecule has 0 saturated heterocycles. The van der Waals surface area contributed by atoms with Crippen molar-refractivity contribution < 1.29 is 0 Å². The van der Waals surface area contributed by atoms with Gasteiger partial charge in [-0.2, -0.15) is 10.2 Å². The van der Waals surface area contributed by atoms with Crippen LogP contribution in [-0.4, -0.2) is 48.7 Å². The standard InChI is InChI=1S/C15H25N9O.HI/c1-16-14(18-10-13-19-11-20-22(13)2)17-7-5-9-24-15(25)23-8-4-3-6-12(23)21-24;/h11H,3-10H2,1-2H3,(H2,16,17,18);1H. The summed E-state index contributed by atoms with van der Waals surface area (Å²) in [5.41, 5.74) is 0.0134. The first-order valence-electron chi connectivity index (χ1n) is 8.63. The van der Waals surface area contributed by atoms with Crippen molar-refractivity contribution in [2.75, 3.05) is 13.6 Å². The van der Waals surface area contributed by atoms with Crippen molar-refractivity contribution in [2.24, 2.45) is 12.0 Å². The molecule has 0 fully saturated rings. The topological polar surface area (TPSA) is 107 Å². The maximum Gasteiger partial charge on any atom is 0.345 e. The van der Waals surface area contributed by atoms with Gasteiger partial charge in [0.05, 0.1) is 6.54 Å². The first kappa shape index (κ1) is 20.4. The summed E-state index contributed by atoms with van der Waals surface area (Å²) in [6.07, 6.45) is 5.40. The van der Waals surface area contributed by atoms with Crippen LogP contribution in [0.1, 0.15) is 30.9 Å². The van der Waals surface area contributed by atoms with Gasteiger partial charge in [0.25, 0.3) is 0 Å². The average molecular weight is 475 g/mol. The van der Waals surface area contributed by atoms with Crippen molar-refractivity contribution in [1.82, 2.24) is 39.7 Å². The quantitative estimate of drug-likeness (QED) is 0.261. The number of aromatic nitrogens is 6. The van der Waals surface area contributed by atoms with Gasteiger partial charge in [-0.1, -0.05) is 0 Å². The van der Waals surface area contributed by atoms with E-state index in [2.05, 4.69) is 30.8 Å². The van der Waals surface area contributed by atoms with E-state index in [0.717, 1.165) is 43.9 Å². The Bertz CT molecular complexity index is 791. The van der Waals surface area contributed by atoms with Gasteiger partial charge in [-0.25, -0.2) is 14.5 Å². The molecule has 0 unspecified atom stereocenters. The first-order chi connectivity index (χ1) is 12.2. The Morgan fingerprint density at radius 1 is 1.35 bits per heavy atom. The van der Waals surface area contributed by atoms with Crippen LogP contribution in [-0.2, 0) is 33.1 Å². The van der Waals surface area contributed by atoms with Crippen LogP contribution in [0.2, 0.25) is 0 Å². The Hall–Kier alpha value is -1.92. The van der Waals surface area contributed by atoms with E-state index in [1.807, 2.05) is 7.05 Å². The molecule has 0 aromatic carbocycles. The minimum absolute atomic E-state index is 0. The van der Waals surface area contributed by atoms with Crippen molar-refractivity contribution in [3.05, 3.63) is 28.5 Å². The first-order valence-corrected chi connectivity index (χ1v) is 8.63. The Morgan fingerprint density at radius 2 is 2.19 bits per heavy atom. The molecular weight excluding hydrogens is 449 g/mol. The third-order valence-electron chi connectivity index (χ3n) is 4.31. The SMILES string of the molecule is CN=C(NCCCn1nc2n(c1=O)CCCC2)NCc1ncnn1C.I. The van der Waals surface area contributed by atoms with Gasteiger partial charge < -0.3 is 10.6 Å². The summed E-state index contributed by atoms with van der Waals surface area (Å²) in [5, 5.41) is 14.9. The molecule has 0 amide bonds. The van der Waals surface area contributed by atoms with Crippen LogP contribution in [0.25, 0.3) is 0 Å². The number of fused-ring (bicyclic) bond motifs is 1. The Labute approximate surface area is 169 Å². The van der Waals surface area contributed by atoms with Crippen LogP contribution in [0, 0.1) is 0 Å². The third kappa shape index (κ3) is 4.83. The molecule has 1 aliphatic rings. The second-order valence-corrected chi connectivity index (χ2v) is 6.04. The Balaban J connectivity index is 0.00000243. The molecule has 2 N–H and O–H groups in total. The summed E-state index contributed by atoms with van der Waals surface area (Å²) in [7, 11) is 3.57. The number of nitrogens with one attached hydrogen (secondary N) is 2. The van der Waals surface area contributed by atoms with Crippen molar-refractivity contribution in [1.29, 1.82) is 0 Å². The fraction of sp³-hybridized carbons (Fsp3) is 0.667. The molecule has 2 aromatic rings. The van der Waals surface area contributed by atoms with Crippen molar-refractivity contribution in [3.8, 4) is 0 Å². The van der Waals surface area contributed by atoms with Crippen LogP contribution in [0.15, 0.2) is 16.1 Å². The van der Waals surface area contributed by atoms with Gasteiger partial charge in [0.15, 0.2) is 5.96 Å². The fourth-order valence-electron chi connectivity index (χ4n) is 2.89. The van der Waals surface area contributed by atoms with Crippen LogP contribution in [0.4, 0.5) is 0 Å². The minimum atomic E-state index is 0. The highest BCUT2D eigenvalue weighted by atomic mass is 127. The van der Waals surface area contributed by atoms with E-state index in [9.17, 15) is 4.79 Å². The van der Waals surface area contributed by atoms with E-state index < -0.39 is 0 Å². The molecule has 11 heteroatoms. The lowest BCUT2D eigenvalue weighted by molar-refractivity contribution is 0.509. The summed E-state index contributed by atoms with van der Waals surface area (Å²) in [6.45, 7) is 2.65. The molecule has 144 valence electrons. The number of hydrogen-bond acceptors (Lipinski definition) is 5. The third-order valence-corrected chi connectivity index (χ3v) is 4.31. The molecule has 10 nitrogen and oxygen atoms in total. The number of aryl methyl sites for hydroxylation is 3. The van der Waals surface area contributed by atoms with E-state index in [-0.39, 0.29) is 29.7 Å². The summed E-state index contributed by atoms with van der Waals surface area (Å²) >= 11 is 0. The van der Waals surface area contributed by atoms with E-state index in [0.29, 0.717) is 25.6 Å². The predicted molar refractivity (Wildman–Crippen MR) is 109 cm³/mol.